The first kappa shape index (κ1) is 20.9. The molecule has 0 spiro atoms. The van der Waals surface area contributed by atoms with E-state index in [0.717, 1.165) is 35.5 Å². The molecule has 3 rings (SSSR count). The molecule has 1 heterocycles. The van der Waals surface area contributed by atoms with Crippen molar-refractivity contribution >= 4 is 29.1 Å². The van der Waals surface area contributed by atoms with Crippen LogP contribution in [-0.4, -0.2) is 41.7 Å². The van der Waals surface area contributed by atoms with E-state index in [1.54, 1.807) is 25.3 Å². The van der Waals surface area contributed by atoms with Crippen LogP contribution in [0.25, 0.3) is 0 Å². The average Bonchev–Trinajstić information content (AvgIpc) is 3.04. The highest BCUT2D eigenvalue weighted by molar-refractivity contribution is 8.15. The summed E-state index contributed by atoms with van der Waals surface area (Å²) in [5.41, 5.74) is 1.85. The van der Waals surface area contributed by atoms with E-state index >= 15 is 0 Å². The number of methoxy groups -OCH3 is 2. The summed E-state index contributed by atoms with van der Waals surface area (Å²) in [6.45, 7) is 2.54. The Hall–Kier alpha value is -2.80. The predicted octanol–water partition coefficient (Wildman–Crippen LogP) is 4.34. The topological polar surface area (TPSA) is 63.5 Å². The summed E-state index contributed by atoms with van der Waals surface area (Å²) in [6.07, 6.45) is 3.41. The first-order valence-electron chi connectivity index (χ1n) is 9.51. The fourth-order valence-corrected chi connectivity index (χ4v) is 4.22. The van der Waals surface area contributed by atoms with Crippen LogP contribution in [0, 0.1) is 0 Å². The predicted molar refractivity (Wildman–Crippen MR) is 118 cm³/mol. The normalized spacial score (nSPS) is 18.0. The zero-order chi connectivity index (χ0) is 20.6. The van der Waals surface area contributed by atoms with Crippen molar-refractivity contribution in [2.24, 2.45) is 10.2 Å². The van der Waals surface area contributed by atoms with Gasteiger partial charge in [-0.1, -0.05) is 49.4 Å². The van der Waals surface area contributed by atoms with Crippen LogP contribution in [0.5, 0.6) is 11.5 Å². The van der Waals surface area contributed by atoms with Crippen LogP contribution >= 0.6 is 11.8 Å². The molecule has 1 aliphatic rings. The molecular weight excluding hydrogens is 386 g/mol. The van der Waals surface area contributed by atoms with Gasteiger partial charge in [0.15, 0.2) is 5.17 Å². The summed E-state index contributed by atoms with van der Waals surface area (Å²) in [5, 5.41) is 9.10. The Morgan fingerprint density at radius 3 is 2.55 bits per heavy atom. The van der Waals surface area contributed by atoms with Crippen molar-refractivity contribution in [3.63, 3.8) is 0 Å². The summed E-state index contributed by atoms with van der Waals surface area (Å²) in [7, 11) is 3.26. The van der Waals surface area contributed by atoms with Gasteiger partial charge in [-0.15, -0.1) is 5.10 Å². The molecule has 2 aromatic rings. The second kappa shape index (κ2) is 10.1. The Kier molecular flexibility index (Phi) is 7.30. The number of rotatable bonds is 8. The third-order valence-electron chi connectivity index (χ3n) is 4.55. The third kappa shape index (κ3) is 5.17. The molecule has 0 saturated carbocycles. The number of thioether (sulfide) groups is 1. The quantitative estimate of drug-likeness (QED) is 0.479. The molecular formula is C22H25N3O3S. The number of carbonyl (C=O) groups is 1. The molecule has 29 heavy (non-hydrogen) atoms. The summed E-state index contributed by atoms with van der Waals surface area (Å²) in [4.78, 5) is 14.6. The molecule has 0 bridgehead atoms. The molecule has 1 atom stereocenters. The fraction of sp³-hybridized carbons (Fsp3) is 0.318. The van der Waals surface area contributed by atoms with Gasteiger partial charge in [-0.3, -0.25) is 9.69 Å². The van der Waals surface area contributed by atoms with Crippen molar-refractivity contribution in [1.29, 1.82) is 0 Å². The van der Waals surface area contributed by atoms with Crippen molar-refractivity contribution in [2.75, 3.05) is 14.2 Å². The Bertz CT molecular complexity index is 896. The molecule has 1 aliphatic heterocycles. The van der Waals surface area contributed by atoms with Gasteiger partial charge >= 0.3 is 0 Å². The van der Waals surface area contributed by atoms with E-state index < -0.39 is 0 Å². The summed E-state index contributed by atoms with van der Waals surface area (Å²) >= 11 is 1.48. The Morgan fingerprint density at radius 1 is 1.10 bits per heavy atom. The molecule has 0 unspecified atom stereocenters. The zero-order valence-electron chi connectivity index (χ0n) is 16.9. The van der Waals surface area contributed by atoms with Crippen molar-refractivity contribution in [1.82, 2.24) is 4.90 Å². The summed E-state index contributed by atoms with van der Waals surface area (Å²) < 4.78 is 10.5. The minimum absolute atomic E-state index is 0.0823. The highest BCUT2D eigenvalue weighted by Gasteiger charge is 2.37. The minimum atomic E-state index is -0.113. The number of ether oxygens (including phenoxy) is 2. The number of benzene rings is 2. The first-order chi connectivity index (χ1) is 14.2. The number of hydrogen-bond donors (Lipinski definition) is 0. The van der Waals surface area contributed by atoms with Crippen molar-refractivity contribution in [3.8, 4) is 11.5 Å². The first-order valence-corrected chi connectivity index (χ1v) is 10.4. The van der Waals surface area contributed by atoms with Gasteiger partial charge < -0.3 is 9.47 Å². The Balaban J connectivity index is 1.81. The smallest absolute Gasteiger partial charge is 0.242 e. The largest absolute Gasteiger partial charge is 0.497 e. The monoisotopic (exact) mass is 411 g/mol. The minimum Gasteiger partial charge on any atom is -0.497 e. The molecule has 152 valence electrons. The maximum absolute atomic E-state index is 12.9. The van der Waals surface area contributed by atoms with Crippen molar-refractivity contribution < 1.29 is 14.3 Å². The van der Waals surface area contributed by atoms with Crippen LogP contribution in [0.1, 0.15) is 30.9 Å². The molecule has 1 amide bonds. The highest BCUT2D eigenvalue weighted by Crippen LogP contribution is 2.32. The van der Waals surface area contributed by atoms with Crippen LogP contribution in [0.2, 0.25) is 0 Å². The van der Waals surface area contributed by atoms with E-state index in [1.807, 2.05) is 48.5 Å². The second-order valence-corrected chi connectivity index (χ2v) is 7.71. The van der Waals surface area contributed by atoms with Gasteiger partial charge in [-0.05, 0) is 36.2 Å². The van der Waals surface area contributed by atoms with Crippen LogP contribution in [-0.2, 0) is 11.3 Å². The van der Waals surface area contributed by atoms with E-state index in [2.05, 4.69) is 17.1 Å². The van der Waals surface area contributed by atoms with E-state index in [1.165, 1.54) is 11.8 Å². The number of amidine groups is 1. The van der Waals surface area contributed by atoms with Gasteiger partial charge in [0.2, 0.25) is 5.91 Å². The molecule has 7 heteroatoms. The SMILES string of the molecule is CCC[C@@H]1S/C(=N/N=C\c2ccccc2OC)N(Cc2ccc(OC)cc2)C1=O. The number of carbonyl (C=O) groups excluding carboxylic acids is 1. The summed E-state index contributed by atoms with van der Waals surface area (Å²) in [6, 6.07) is 15.3. The Labute approximate surface area is 175 Å². The number of amides is 1. The van der Waals surface area contributed by atoms with Gasteiger partial charge in [-0.25, -0.2) is 0 Å². The van der Waals surface area contributed by atoms with Crippen LogP contribution < -0.4 is 9.47 Å². The molecule has 6 nitrogen and oxygen atoms in total. The lowest BCUT2D eigenvalue weighted by Gasteiger charge is -2.16. The fourth-order valence-electron chi connectivity index (χ4n) is 3.00. The van der Waals surface area contributed by atoms with Crippen molar-refractivity contribution in [2.45, 2.75) is 31.6 Å². The molecule has 2 aromatic carbocycles. The lowest BCUT2D eigenvalue weighted by molar-refractivity contribution is -0.126. The highest BCUT2D eigenvalue weighted by atomic mass is 32.2. The van der Waals surface area contributed by atoms with Gasteiger partial charge in [0.25, 0.3) is 0 Å². The summed E-state index contributed by atoms with van der Waals surface area (Å²) in [5.74, 6) is 1.60. The molecule has 0 aliphatic carbocycles. The van der Waals surface area contributed by atoms with Crippen LogP contribution in [0.4, 0.5) is 0 Å². The van der Waals surface area contributed by atoms with Crippen LogP contribution in [0.3, 0.4) is 0 Å². The maximum Gasteiger partial charge on any atom is 0.242 e. The standard InChI is InChI=1S/C22H25N3O3S/c1-4-7-20-21(26)25(15-16-10-12-18(27-2)13-11-16)22(29-20)24-23-14-17-8-5-6-9-19(17)28-3/h5-6,8-14,20H,4,7,15H2,1-3H3/b23-14-,24-22+/t20-/m0/s1. The Morgan fingerprint density at radius 2 is 1.86 bits per heavy atom. The molecule has 0 N–H and O–H groups in total. The average molecular weight is 412 g/mol. The molecule has 1 fully saturated rings. The third-order valence-corrected chi connectivity index (χ3v) is 5.78. The number of nitrogens with zero attached hydrogens (tertiary/aromatic N) is 3. The van der Waals surface area contributed by atoms with E-state index in [0.29, 0.717) is 11.7 Å². The van der Waals surface area contributed by atoms with Gasteiger partial charge in [0, 0.05) is 5.56 Å². The molecule has 0 aromatic heterocycles. The van der Waals surface area contributed by atoms with E-state index in [9.17, 15) is 4.79 Å². The van der Waals surface area contributed by atoms with E-state index in [-0.39, 0.29) is 11.2 Å². The van der Waals surface area contributed by atoms with Gasteiger partial charge in [0.05, 0.1) is 32.2 Å². The second-order valence-electron chi connectivity index (χ2n) is 6.54. The lowest BCUT2D eigenvalue weighted by atomic mass is 10.2. The molecule has 0 radical (unpaired) electrons. The molecule has 1 saturated heterocycles. The van der Waals surface area contributed by atoms with Crippen LogP contribution in [0.15, 0.2) is 58.7 Å². The van der Waals surface area contributed by atoms with Gasteiger partial charge in [0.1, 0.15) is 11.5 Å². The van der Waals surface area contributed by atoms with Gasteiger partial charge in [-0.2, -0.15) is 5.10 Å². The van der Waals surface area contributed by atoms with Crippen molar-refractivity contribution in [3.05, 3.63) is 59.7 Å². The zero-order valence-corrected chi connectivity index (χ0v) is 17.7. The van der Waals surface area contributed by atoms with E-state index in [4.69, 9.17) is 9.47 Å². The lowest BCUT2D eigenvalue weighted by Crippen LogP contribution is -2.31. The number of hydrogen-bond acceptors (Lipinski definition) is 6. The number of para-hydroxylation sites is 1. The maximum atomic E-state index is 12.9.